The van der Waals surface area contributed by atoms with Crippen LogP contribution in [-0.2, 0) is 9.47 Å². The van der Waals surface area contributed by atoms with Crippen molar-refractivity contribution in [3.63, 3.8) is 0 Å². The second kappa shape index (κ2) is 4.78. The van der Waals surface area contributed by atoms with Gasteiger partial charge in [-0.15, -0.1) is 0 Å². The molecular formula is C14H19NO3. The third-order valence-electron chi connectivity index (χ3n) is 3.76. The summed E-state index contributed by atoms with van der Waals surface area (Å²) in [7, 11) is 1.68. The topological polar surface area (TPSA) is 30.9 Å². The molecule has 3 rings (SSSR count). The van der Waals surface area contributed by atoms with Crippen LogP contribution in [0.2, 0.25) is 0 Å². The number of anilines is 1. The third kappa shape index (κ3) is 1.95. The van der Waals surface area contributed by atoms with Crippen molar-refractivity contribution in [2.45, 2.75) is 19.3 Å². The number of methoxy groups -OCH3 is 1. The maximum atomic E-state index is 5.64. The van der Waals surface area contributed by atoms with Crippen molar-refractivity contribution in [3.05, 3.63) is 24.3 Å². The van der Waals surface area contributed by atoms with Gasteiger partial charge in [0.05, 0.1) is 26.4 Å². The van der Waals surface area contributed by atoms with Crippen LogP contribution in [0.3, 0.4) is 0 Å². The highest BCUT2D eigenvalue weighted by molar-refractivity contribution is 5.52. The van der Waals surface area contributed by atoms with Crippen LogP contribution in [0.25, 0.3) is 0 Å². The summed E-state index contributed by atoms with van der Waals surface area (Å²) in [6.45, 7) is 4.73. The van der Waals surface area contributed by atoms with Crippen LogP contribution < -0.4 is 9.64 Å². The van der Waals surface area contributed by atoms with E-state index in [1.165, 1.54) is 5.69 Å². The van der Waals surface area contributed by atoms with E-state index in [0.717, 1.165) is 12.3 Å². The summed E-state index contributed by atoms with van der Waals surface area (Å²) in [5.41, 5.74) is 1.21. The zero-order chi connectivity index (χ0) is 12.5. The summed E-state index contributed by atoms with van der Waals surface area (Å²) in [6, 6.07) is 8.50. The van der Waals surface area contributed by atoms with Crippen LogP contribution in [0.1, 0.15) is 6.92 Å². The van der Waals surface area contributed by atoms with Crippen LogP contribution >= 0.6 is 0 Å². The minimum atomic E-state index is -0.0733. The molecule has 2 aliphatic rings. The SMILES string of the molecule is COc1ccc(N2C[C@H](C)[C@@H]2C2OCCO2)cc1. The molecular weight excluding hydrogens is 230 g/mol. The Bertz CT molecular complexity index is 400. The molecule has 0 unspecified atom stereocenters. The molecule has 0 N–H and O–H groups in total. The zero-order valence-corrected chi connectivity index (χ0v) is 10.8. The Balaban J connectivity index is 1.74. The second-order valence-electron chi connectivity index (χ2n) is 4.93. The van der Waals surface area contributed by atoms with Crippen molar-refractivity contribution in [1.29, 1.82) is 0 Å². The molecule has 0 bridgehead atoms. The summed E-state index contributed by atoms with van der Waals surface area (Å²) in [6.07, 6.45) is -0.0733. The number of rotatable bonds is 3. The second-order valence-corrected chi connectivity index (χ2v) is 4.93. The van der Waals surface area contributed by atoms with Gasteiger partial charge in [0.2, 0.25) is 0 Å². The molecule has 2 atom stereocenters. The van der Waals surface area contributed by atoms with E-state index >= 15 is 0 Å². The lowest BCUT2D eigenvalue weighted by Gasteiger charge is -2.50. The van der Waals surface area contributed by atoms with Crippen LogP contribution in [0.5, 0.6) is 5.75 Å². The first-order valence-corrected chi connectivity index (χ1v) is 6.43. The summed E-state index contributed by atoms with van der Waals surface area (Å²) < 4.78 is 16.5. The highest BCUT2D eigenvalue weighted by Gasteiger charge is 2.44. The van der Waals surface area contributed by atoms with Gasteiger partial charge in [0, 0.05) is 12.2 Å². The Hall–Kier alpha value is -1.26. The summed E-state index contributed by atoms with van der Waals surface area (Å²) >= 11 is 0. The molecule has 0 aromatic heterocycles. The molecule has 1 aromatic carbocycles. The van der Waals surface area contributed by atoms with Crippen LogP contribution in [-0.4, -0.2) is 39.2 Å². The minimum Gasteiger partial charge on any atom is -0.497 e. The molecule has 0 amide bonds. The maximum absolute atomic E-state index is 5.64. The van der Waals surface area contributed by atoms with Crippen LogP contribution in [0, 0.1) is 5.92 Å². The van der Waals surface area contributed by atoms with E-state index in [2.05, 4.69) is 24.0 Å². The van der Waals surface area contributed by atoms with E-state index in [0.29, 0.717) is 25.2 Å². The molecule has 4 heteroatoms. The molecule has 18 heavy (non-hydrogen) atoms. The molecule has 2 aliphatic heterocycles. The van der Waals surface area contributed by atoms with Gasteiger partial charge in [0.1, 0.15) is 5.75 Å². The van der Waals surface area contributed by atoms with Gasteiger partial charge >= 0.3 is 0 Å². The monoisotopic (exact) mass is 249 g/mol. The normalized spacial score (nSPS) is 28.2. The molecule has 0 saturated carbocycles. The van der Waals surface area contributed by atoms with E-state index < -0.39 is 0 Å². The molecule has 1 aromatic rings. The van der Waals surface area contributed by atoms with E-state index in [1.54, 1.807) is 7.11 Å². The summed E-state index contributed by atoms with van der Waals surface area (Å²) in [5, 5.41) is 0. The lowest BCUT2D eigenvalue weighted by Crippen LogP contribution is -2.61. The average Bonchev–Trinajstić information content (AvgIpc) is 2.89. The zero-order valence-electron chi connectivity index (χ0n) is 10.8. The van der Waals surface area contributed by atoms with Gasteiger partial charge in [-0.25, -0.2) is 0 Å². The lowest BCUT2D eigenvalue weighted by molar-refractivity contribution is -0.0852. The van der Waals surface area contributed by atoms with Gasteiger partial charge in [-0.2, -0.15) is 0 Å². The molecule has 0 spiro atoms. The van der Waals surface area contributed by atoms with Crippen LogP contribution in [0.4, 0.5) is 5.69 Å². The largest absolute Gasteiger partial charge is 0.497 e. The summed E-state index contributed by atoms with van der Waals surface area (Å²) in [4.78, 5) is 2.35. The number of hydrogen-bond acceptors (Lipinski definition) is 4. The molecule has 0 radical (unpaired) electrons. The molecule has 2 fully saturated rings. The summed E-state index contributed by atoms with van der Waals surface area (Å²) in [5.74, 6) is 1.49. The van der Waals surface area contributed by atoms with E-state index in [9.17, 15) is 0 Å². The number of ether oxygens (including phenoxy) is 3. The number of hydrogen-bond donors (Lipinski definition) is 0. The van der Waals surface area contributed by atoms with Crippen molar-refractivity contribution in [3.8, 4) is 5.75 Å². The number of nitrogens with zero attached hydrogens (tertiary/aromatic N) is 1. The van der Waals surface area contributed by atoms with Gasteiger partial charge < -0.3 is 19.1 Å². The van der Waals surface area contributed by atoms with Gasteiger partial charge in [0.25, 0.3) is 0 Å². The Labute approximate surface area is 107 Å². The Morgan fingerprint density at radius 1 is 1.17 bits per heavy atom. The van der Waals surface area contributed by atoms with E-state index in [1.807, 2.05) is 12.1 Å². The quantitative estimate of drug-likeness (QED) is 0.818. The van der Waals surface area contributed by atoms with E-state index in [-0.39, 0.29) is 6.29 Å². The fourth-order valence-corrected chi connectivity index (χ4v) is 2.75. The first-order chi connectivity index (χ1) is 8.79. The predicted molar refractivity (Wildman–Crippen MR) is 69.0 cm³/mol. The van der Waals surface area contributed by atoms with Crippen molar-refractivity contribution < 1.29 is 14.2 Å². The molecule has 2 heterocycles. The first-order valence-electron chi connectivity index (χ1n) is 6.43. The molecule has 2 saturated heterocycles. The molecule has 4 nitrogen and oxygen atoms in total. The van der Waals surface area contributed by atoms with Gasteiger partial charge in [-0.1, -0.05) is 6.92 Å². The standard InChI is InChI=1S/C14H19NO3/c1-10-9-15(13(10)14-17-7-8-18-14)11-3-5-12(16-2)6-4-11/h3-6,10,13-14H,7-9H2,1-2H3/t10-,13+/m0/s1. The fourth-order valence-electron chi connectivity index (χ4n) is 2.75. The van der Waals surface area contributed by atoms with Gasteiger partial charge in [-0.3, -0.25) is 0 Å². The van der Waals surface area contributed by atoms with Crippen molar-refractivity contribution >= 4 is 5.69 Å². The highest BCUT2D eigenvalue weighted by Crippen LogP contribution is 2.35. The first kappa shape index (κ1) is 11.8. The average molecular weight is 249 g/mol. The smallest absolute Gasteiger partial charge is 0.178 e. The van der Waals surface area contributed by atoms with Gasteiger partial charge in [-0.05, 0) is 30.2 Å². The van der Waals surface area contributed by atoms with Gasteiger partial charge in [0.15, 0.2) is 6.29 Å². The highest BCUT2D eigenvalue weighted by atomic mass is 16.7. The van der Waals surface area contributed by atoms with Crippen LogP contribution in [0.15, 0.2) is 24.3 Å². The van der Waals surface area contributed by atoms with Crippen molar-refractivity contribution in [2.24, 2.45) is 5.92 Å². The van der Waals surface area contributed by atoms with Crippen molar-refractivity contribution in [2.75, 3.05) is 31.8 Å². The predicted octanol–water partition coefficient (Wildman–Crippen LogP) is 1.89. The lowest BCUT2D eigenvalue weighted by atomic mass is 9.89. The Morgan fingerprint density at radius 2 is 1.83 bits per heavy atom. The molecule has 0 aliphatic carbocycles. The Morgan fingerprint density at radius 3 is 2.39 bits per heavy atom. The molecule has 98 valence electrons. The minimum absolute atomic E-state index is 0.0733. The maximum Gasteiger partial charge on any atom is 0.178 e. The third-order valence-corrected chi connectivity index (χ3v) is 3.76. The van der Waals surface area contributed by atoms with Crippen molar-refractivity contribution in [1.82, 2.24) is 0 Å². The van der Waals surface area contributed by atoms with E-state index in [4.69, 9.17) is 14.2 Å². The fraction of sp³-hybridized carbons (Fsp3) is 0.571. The Kier molecular flexibility index (Phi) is 3.14. The number of benzene rings is 1.